The smallest absolute Gasteiger partial charge is 0.181 e. The zero-order valence-electron chi connectivity index (χ0n) is 11.1. The molecule has 0 aliphatic heterocycles. The molecule has 0 saturated heterocycles. The third-order valence-corrected chi connectivity index (χ3v) is 3.20. The average Bonchev–Trinajstić information content (AvgIpc) is 2.83. The summed E-state index contributed by atoms with van der Waals surface area (Å²) >= 11 is 0. The molecular weight excluding hydrogens is 226 g/mol. The van der Waals surface area contributed by atoms with Crippen LogP contribution in [0.3, 0.4) is 0 Å². The fraction of sp³-hybridized carbons (Fsp3) is 0.500. The first-order valence-electron chi connectivity index (χ1n) is 6.39. The molecule has 18 heavy (non-hydrogen) atoms. The third-order valence-electron chi connectivity index (χ3n) is 3.20. The number of nitrogens with two attached hydrogens (primary N) is 1. The summed E-state index contributed by atoms with van der Waals surface area (Å²) < 4.78 is 5.31. The molecule has 1 unspecified atom stereocenters. The number of nitrogens with zero attached hydrogens (tertiary/aromatic N) is 2. The van der Waals surface area contributed by atoms with Crippen LogP contribution in [0.4, 0.5) is 0 Å². The van der Waals surface area contributed by atoms with Crippen LogP contribution in [-0.4, -0.2) is 36.6 Å². The summed E-state index contributed by atoms with van der Waals surface area (Å²) in [4.78, 5) is 6.44. The van der Waals surface area contributed by atoms with E-state index in [4.69, 9.17) is 10.2 Å². The molecule has 2 N–H and O–H groups in total. The number of hydrogen-bond acceptors (Lipinski definition) is 4. The maximum atomic E-state index is 5.63. The first-order valence-corrected chi connectivity index (χ1v) is 6.39. The first-order chi connectivity index (χ1) is 8.69. The molecule has 0 spiro atoms. The summed E-state index contributed by atoms with van der Waals surface area (Å²) in [6.45, 7) is 5.00. The lowest BCUT2D eigenvalue weighted by Crippen LogP contribution is -2.29. The van der Waals surface area contributed by atoms with Crippen molar-refractivity contribution in [2.75, 3.05) is 26.7 Å². The number of aromatic nitrogens is 1. The van der Waals surface area contributed by atoms with Crippen molar-refractivity contribution in [3.05, 3.63) is 30.2 Å². The molecule has 4 nitrogen and oxygen atoms in total. The van der Waals surface area contributed by atoms with Crippen LogP contribution >= 0.6 is 0 Å². The van der Waals surface area contributed by atoms with Gasteiger partial charge in [-0.25, -0.2) is 4.98 Å². The van der Waals surface area contributed by atoms with Gasteiger partial charge >= 0.3 is 0 Å². The standard InChI is InChI=1S/C14H21N3O/c1-11(8-15)9-17(2)6-5-12-3-4-13-14(7-12)18-10-16-13/h3-4,7,10-11H,5-6,8-9,15H2,1-2H3. The number of hydrogen-bond donors (Lipinski definition) is 1. The second-order valence-corrected chi connectivity index (χ2v) is 5.01. The Bertz CT molecular complexity index is 494. The van der Waals surface area contributed by atoms with Crippen LogP contribution in [-0.2, 0) is 6.42 Å². The summed E-state index contributed by atoms with van der Waals surface area (Å²) in [6, 6.07) is 6.20. The highest BCUT2D eigenvalue weighted by Gasteiger charge is 2.06. The average molecular weight is 247 g/mol. The molecule has 2 rings (SSSR count). The van der Waals surface area contributed by atoms with Crippen LogP contribution in [0.25, 0.3) is 11.1 Å². The number of likely N-dealkylation sites (N-methyl/N-ethyl adjacent to an activating group) is 1. The van der Waals surface area contributed by atoms with E-state index in [2.05, 4.69) is 36.0 Å². The lowest BCUT2D eigenvalue weighted by Gasteiger charge is -2.20. The number of benzene rings is 1. The van der Waals surface area contributed by atoms with E-state index in [1.54, 1.807) is 0 Å². The Hall–Kier alpha value is -1.39. The zero-order valence-corrected chi connectivity index (χ0v) is 11.1. The summed E-state index contributed by atoms with van der Waals surface area (Å²) in [7, 11) is 2.14. The van der Waals surface area contributed by atoms with Gasteiger partial charge in [-0.05, 0) is 43.6 Å². The van der Waals surface area contributed by atoms with Gasteiger partial charge in [0.15, 0.2) is 12.0 Å². The molecule has 0 radical (unpaired) electrons. The lowest BCUT2D eigenvalue weighted by molar-refractivity contribution is 0.292. The molecule has 4 heteroatoms. The van der Waals surface area contributed by atoms with Gasteiger partial charge in [-0.1, -0.05) is 13.0 Å². The Morgan fingerprint density at radius 3 is 3.06 bits per heavy atom. The Morgan fingerprint density at radius 2 is 2.28 bits per heavy atom. The highest BCUT2D eigenvalue weighted by atomic mass is 16.3. The molecule has 0 saturated carbocycles. The first kappa shape index (κ1) is 13.1. The number of rotatable bonds is 6. The molecule has 1 atom stereocenters. The molecule has 1 aromatic carbocycles. The molecule has 1 aromatic heterocycles. The highest BCUT2D eigenvalue weighted by molar-refractivity contribution is 5.72. The van der Waals surface area contributed by atoms with E-state index in [0.717, 1.165) is 37.2 Å². The number of oxazole rings is 1. The Kier molecular flexibility index (Phi) is 4.33. The molecule has 98 valence electrons. The van der Waals surface area contributed by atoms with E-state index < -0.39 is 0 Å². The molecule has 1 heterocycles. The second-order valence-electron chi connectivity index (χ2n) is 5.01. The molecule has 0 aliphatic carbocycles. The maximum absolute atomic E-state index is 5.63. The summed E-state index contributed by atoms with van der Waals surface area (Å²) in [5.41, 5.74) is 8.70. The van der Waals surface area contributed by atoms with Crippen LogP contribution < -0.4 is 5.73 Å². The van der Waals surface area contributed by atoms with Gasteiger partial charge in [0.25, 0.3) is 0 Å². The maximum Gasteiger partial charge on any atom is 0.181 e. The summed E-state index contributed by atoms with van der Waals surface area (Å²) in [5.74, 6) is 0.548. The quantitative estimate of drug-likeness (QED) is 0.847. The predicted octanol–water partition coefficient (Wildman–Crippen LogP) is 1.90. The fourth-order valence-electron chi connectivity index (χ4n) is 2.07. The van der Waals surface area contributed by atoms with Crippen molar-refractivity contribution in [1.82, 2.24) is 9.88 Å². The van der Waals surface area contributed by atoms with Crippen molar-refractivity contribution in [3.63, 3.8) is 0 Å². The van der Waals surface area contributed by atoms with Crippen molar-refractivity contribution in [1.29, 1.82) is 0 Å². The third kappa shape index (κ3) is 3.31. The van der Waals surface area contributed by atoms with Gasteiger partial charge in [0.2, 0.25) is 0 Å². The lowest BCUT2D eigenvalue weighted by atomic mass is 10.1. The molecule has 0 amide bonds. The van der Waals surface area contributed by atoms with Crippen LogP contribution in [0.2, 0.25) is 0 Å². The minimum Gasteiger partial charge on any atom is -0.443 e. The minimum absolute atomic E-state index is 0.548. The molecule has 2 aromatic rings. The monoisotopic (exact) mass is 247 g/mol. The van der Waals surface area contributed by atoms with Crippen molar-refractivity contribution >= 4 is 11.1 Å². The van der Waals surface area contributed by atoms with Gasteiger partial charge in [-0.3, -0.25) is 0 Å². The predicted molar refractivity (Wildman–Crippen MR) is 73.4 cm³/mol. The van der Waals surface area contributed by atoms with Gasteiger partial charge in [0.05, 0.1) is 0 Å². The van der Waals surface area contributed by atoms with Crippen LogP contribution in [0, 0.1) is 5.92 Å². The van der Waals surface area contributed by atoms with Gasteiger partial charge in [0, 0.05) is 13.1 Å². The van der Waals surface area contributed by atoms with E-state index in [0.29, 0.717) is 5.92 Å². The van der Waals surface area contributed by atoms with Crippen LogP contribution in [0.1, 0.15) is 12.5 Å². The minimum atomic E-state index is 0.548. The van der Waals surface area contributed by atoms with Gasteiger partial charge in [0.1, 0.15) is 5.52 Å². The van der Waals surface area contributed by atoms with Gasteiger partial charge in [-0.2, -0.15) is 0 Å². The fourth-order valence-corrected chi connectivity index (χ4v) is 2.07. The van der Waals surface area contributed by atoms with Crippen molar-refractivity contribution in [2.24, 2.45) is 11.7 Å². The van der Waals surface area contributed by atoms with Gasteiger partial charge < -0.3 is 15.1 Å². The molecule has 0 fully saturated rings. The Labute approximate surface area is 108 Å². The van der Waals surface area contributed by atoms with E-state index in [1.807, 2.05) is 6.07 Å². The van der Waals surface area contributed by atoms with Crippen molar-refractivity contribution in [2.45, 2.75) is 13.3 Å². The Balaban J connectivity index is 1.89. The van der Waals surface area contributed by atoms with Crippen molar-refractivity contribution in [3.8, 4) is 0 Å². The van der Waals surface area contributed by atoms with E-state index in [9.17, 15) is 0 Å². The van der Waals surface area contributed by atoms with E-state index >= 15 is 0 Å². The molecule has 0 bridgehead atoms. The van der Waals surface area contributed by atoms with Crippen LogP contribution in [0.5, 0.6) is 0 Å². The topological polar surface area (TPSA) is 55.3 Å². The molecular formula is C14H21N3O. The summed E-state index contributed by atoms with van der Waals surface area (Å²) in [5, 5.41) is 0. The largest absolute Gasteiger partial charge is 0.443 e. The molecule has 0 aliphatic rings. The SMILES string of the molecule is CC(CN)CN(C)CCc1ccc2ncoc2c1. The zero-order chi connectivity index (χ0) is 13.0. The van der Waals surface area contributed by atoms with E-state index in [-0.39, 0.29) is 0 Å². The highest BCUT2D eigenvalue weighted by Crippen LogP contribution is 2.14. The summed E-state index contributed by atoms with van der Waals surface area (Å²) in [6.07, 6.45) is 2.51. The normalized spacial score (nSPS) is 13.3. The van der Waals surface area contributed by atoms with E-state index in [1.165, 1.54) is 12.0 Å². The van der Waals surface area contributed by atoms with Crippen molar-refractivity contribution < 1.29 is 4.42 Å². The second kappa shape index (κ2) is 5.98. The van der Waals surface area contributed by atoms with Gasteiger partial charge in [-0.15, -0.1) is 0 Å². The van der Waals surface area contributed by atoms with Crippen LogP contribution in [0.15, 0.2) is 29.0 Å². The number of fused-ring (bicyclic) bond motifs is 1. The Morgan fingerprint density at radius 1 is 1.44 bits per heavy atom.